The normalized spacial score (nSPS) is 19.6. The van der Waals surface area contributed by atoms with Crippen LogP contribution < -0.4 is 11.1 Å². The first kappa shape index (κ1) is 15.7. The molecule has 3 N–H and O–H groups in total. The van der Waals surface area contributed by atoms with E-state index in [1.165, 1.54) is 12.8 Å². The lowest BCUT2D eigenvalue weighted by Gasteiger charge is -2.26. The summed E-state index contributed by atoms with van der Waals surface area (Å²) in [5.41, 5.74) is 5.94. The lowest BCUT2D eigenvalue weighted by Crippen LogP contribution is -2.43. The molecule has 0 radical (unpaired) electrons. The predicted molar refractivity (Wildman–Crippen MR) is 69.6 cm³/mol. The molecule has 1 amide bonds. The summed E-state index contributed by atoms with van der Waals surface area (Å²) >= 11 is 0. The molecule has 0 aromatic heterocycles. The molecule has 0 spiro atoms. The van der Waals surface area contributed by atoms with Gasteiger partial charge in [0.2, 0.25) is 5.91 Å². The molecule has 1 rings (SSSR count). The summed E-state index contributed by atoms with van der Waals surface area (Å²) in [5.74, 6) is 0.803. The molecule has 2 atom stereocenters. The molecule has 4 heteroatoms. The zero-order chi connectivity index (χ0) is 11.6. The molecule has 3 nitrogen and oxygen atoms in total. The highest BCUT2D eigenvalue weighted by Crippen LogP contribution is 2.31. The fraction of sp³-hybridized carbons (Fsp3) is 0.917. The average molecular weight is 249 g/mol. The van der Waals surface area contributed by atoms with Crippen molar-refractivity contribution in [2.45, 2.75) is 46.6 Å². The summed E-state index contributed by atoms with van der Waals surface area (Å²) in [6.45, 7) is 8.84. The molecule has 1 aliphatic rings. The number of carbonyl (C=O) groups excluding carboxylic acids is 1. The number of nitrogens with two attached hydrogens (primary N) is 1. The van der Waals surface area contributed by atoms with Gasteiger partial charge in [0.25, 0.3) is 0 Å². The Morgan fingerprint density at radius 3 is 2.31 bits per heavy atom. The largest absolute Gasteiger partial charge is 0.354 e. The topological polar surface area (TPSA) is 55.1 Å². The van der Waals surface area contributed by atoms with Gasteiger partial charge in [-0.3, -0.25) is 4.79 Å². The van der Waals surface area contributed by atoms with Crippen molar-refractivity contribution < 1.29 is 4.79 Å². The van der Waals surface area contributed by atoms with Crippen LogP contribution in [0.4, 0.5) is 0 Å². The Kier molecular flexibility index (Phi) is 5.77. The zero-order valence-electron chi connectivity index (χ0n) is 10.7. The second-order valence-corrected chi connectivity index (χ2v) is 5.83. The molecule has 0 heterocycles. The van der Waals surface area contributed by atoms with Crippen LogP contribution in [0.3, 0.4) is 0 Å². The van der Waals surface area contributed by atoms with Gasteiger partial charge in [0.15, 0.2) is 0 Å². The number of amides is 1. The van der Waals surface area contributed by atoms with E-state index in [2.05, 4.69) is 26.1 Å². The Hall–Kier alpha value is -0.280. The van der Waals surface area contributed by atoms with Crippen LogP contribution in [-0.2, 0) is 4.79 Å². The van der Waals surface area contributed by atoms with Gasteiger partial charge in [-0.15, -0.1) is 12.4 Å². The molecule has 1 saturated carbocycles. The average Bonchev–Trinajstić information content (AvgIpc) is 2.93. The van der Waals surface area contributed by atoms with Crippen LogP contribution in [0.1, 0.15) is 40.5 Å². The van der Waals surface area contributed by atoms with Crippen LogP contribution in [0.2, 0.25) is 0 Å². The molecule has 2 unspecified atom stereocenters. The monoisotopic (exact) mass is 248 g/mol. The summed E-state index contributed by atoms with van der Waals surface area (Å²) in [4.78, 5) is 11.8. The highest BCUT2D eigenvalue weighted by molar-refractivity contribution is 5.85. The van der Waals surface area contributed by atoms with Crippen molar-refractivity contribution in [2.75, 3.05) is 6.54 Å². The van der Waals surface area contributed by atoms with Crippen molar-refractivity contribution in [2.24, 2.45) is 23.0 Å². The van der Waals surface area contributed by atoms with Crippen molar-refractivity contribution in [1.29, 1.82) is 0 Å². The number of hydrogen-bond donors (Lipinski definition) is 2. The van der Waals surface area contributed by atoms with Crippen molar-refractivity contribution in [3.8, 4) is 0 Å². The van der Waals surface area contributed by atoms with Crippen molar-refractivity contribution in [3.63, 3.8) is 0 Å². The van der Waals surface area contributed by atoms with Crippen molar-refractivity contribution >= 4 is 18.3 Å². The minimum atomic E-state index is 0. The Morgan fingerprint density at radius 2 is 1.94 bits per heavy atom. The summed E-state index contributed by atoms with van der Waals surface area (Å²) in [5, 5.41) is 2.95. The van der Waals surface area contributed by atoms with E-state index in [0.29, 0.717) is 12.5 Å². The molecule has 1 aliphatic carbocycles. The third-order valence-corrected chi connectivity index (χ3v) is 3.43. The van der Waals surface area contributed by atoms with Crippen LogP contribution in [-0.4, -0.2) is 18.5 Å². The zero-order valence-corrected chi connectivity index (χ0v) is 11.6. The van der Waals surface area contributed by atoms with Gasteiger partial charge in [0.05, 0.1) is 0 Å². The van der Waals surface area contributed by atoms with E-state index in [-0.39, 0.29) is 35.7 Å². The summed E-state index contributed by atoms with van der Waals surface area (Å²) in [6, 6.07) is 0.154. The smallest absolute Gasteiger partial charge is 0.223 e. The van der Waals surface area contributed by atoms with E-state index >= 15 is 0 Å². The lowest BCUT2D eigenvalue weighted by molar-refractivity contribution is -0.127. The highest BCUT2D eigenvalue weighted by Gasteiger charge is 2.30. The molecule has 1 fully saturated rings. The van der Waals surface area contributed by atoms with Gasteiger partial charge in [-0.2, -0.15) is 0 Å². The Morgan fingerprint density at radius 1 is 1.44 bits per heavy atom. The maximum atomic E-state index is 11.8. The molecule has 0 aliphatic heterocycles. The minimum absolute atomic E-state index is 0. The van der Waals surface area contributed by atoms with Crippen LogP contribution in [0, 0.1) is 17.3 Å². The number of nitrogens with one attached hydrogen (secondary N) is 1. The highest BCUT2D eigenvalue weighted by atomic mass is 35.5. The number of rotatable bonds is 4. The van der Waals surface area contributed by atoms with Crippen LogP contribution in [0.25, 0.3) is 0 Å². The lowest BCUT2D eigenvalue weighted by atomic mass is 9.81. The van der Waals surface area contributed by atoms with Crippen LogP contribution >= 0.6 is 12.4 Å². The second kappa shape index (κ2) is 5.87. The van der Waals surface area contributed by atoms with Crippen LogP contribution in [0.5, 0.6) is 0 Å². The summed E-state index contributed by atoms with van der Waals surface area (Å²) < 4.78 is 0. The van der Waals surface area contributed by atoms with E-state index in [0.717, 1.165) is 0 Å². The molecule has 0 aromatic rings. The summed E-state index contributed by atoms with van der Waals surface area (Å²) in [7, 11) is 0. The van der Waals surface area contributed by atoms with Gasteiger partial charge < -0.3 is 11.1 Å². The van der Waals surface area contributed by atoms with E-state index in [1.807, 2.05) is 6.92 Å². The number of hydrogen-bond acceptors (Lipinski definition) is 2. The Balaban J connectivity index is 0.00000225. The first-order chi connectivity index (χ1) is 6.82. The minimum Gasteiger partial charge on any atom is -0.354 e. The maximum Gasteiger partial charge on any atom is 0.223 e. The third kappa shape index (κ3) is 4.71. The Bertz CT molecular complexity index is 234. The fourth-order valence-corrected chi connectivity index (χ4v) is 1.46. The second-order valence-electron chi connectivity index (χ2n) is 5.83. The van der Waals surface area contributed by atoms with Gasteiger partial charge in [-0.1, -0.05) is 27.7 Å². The molecular formula is C12H25ClN2O. The molecule has 0 bridgehead atoms. The predicted octanol–water partition coefficient (Wildman–Crippen LogP) is 1.94. The maximum absolute atomic E-state index is 11.8. The third-order valence-electron chi connectivity index (χ3n) is 3.43. The van der Waals surface area contributed by atoms with Crippen molar-refractivity contribution in [3.05, 3.63) is 0 Å². The molecule has 0 aromatic carbocycles. The number of halogens is 1. The van der Waals surface area contributed by atoms with E-state index in [4.69, 9.17) is 5.73 Å². The van der Waals surface area contributed by atoms with E-state index in [9.17, 15) is 4.79 Å². The number of carbonyl (C=O) groups is 1. The van der Waals surface area contributed by atoms with E-state index < -0.39 is 0 Å². The van der Waals surface area contributed by atoms with Gasteiger partial charge in [-0.05, 0) is 24.2 Å². The van der Waals surface area contributed by atoms with Crippen LogP contribution in [0.15, 0.2) is 0 Å². The molecular weight excluding hydrogens is 224 g/mol. The first-order valence-electron chi connectivity index (χ1n) is 5.85. The SMILES string of the molecule is CC(C(=O)NCC(N)C1CC1)C(C)(C)C.Cl. The van der Waals surface area contributed by atoms with Gasteiger partial charge in [0, 0.05) is 18.5 Å². The van der Waals surface area contributed by atoms with Gasteiger partial charge >= 0.3 is 0 Å². The quantitative estimate of drug-likeness (QED) is 0.799. The molecule has 96 valence electrons. The Labute approximate surface area is 105 Å². The molecule has 16 heavy (non-hydrogen) atoms. The standard InChI is InChI=1S/C12H24N2O.ClH/c1-8(12(2,3)4)11(15)14-7-10(13)9-5-6-9;/h8-10H,5-7,13H2,1-4H3,(H,14,15);1H. The fourth-order valence-electron chi connectivity index (χ4n) is 1.46. The summed E-state index contributed by atoms with van der Waals surface area (Å²) in [6.07, 6.45) is 2.46. The van der Waals surface area contributed by atoms with Gasteiger partial charge in [0.1, 0.15) is 0 Å². The van der Waals surface area contributed by atoms with Gasteiger partial charge in [-0.25, -0.2) is 0 Å². The van der Waals surface area contributed by atoms with Crippen molar-refractivity contribution in [1.82, 2.24) is 5.32 Å². The molecule has 0 saturated heterocycles. The van der Waals surface area contributed by atoms with E-state index in [1.54, 1.807) is 0 Å². The first-order valence-corrected chi connectivity index (χ1v) is 5.85.